The van der Waals surface area contributed by atoms with Gasteiger partial charge in [-0.25, -0.2) is 4.39 Å². The van der Waals surface area contributed by atoms with Gasteiger partial charge in [-0.1, -0.05) is 24.3 Å². The Balaban J connectivity index is 1.45. The highest BCUT2D eigenvalue weighted by molar-refractivity contribution is 5.74. The molecule has 30 heavy (non-hydrogen) atoms. The van der Waals surface area contributed by atoms with Crippen molar-refractivity contribution in [2.24, 2.45) is 0 Å². The maximum absolute atomic E-state index is 13.4. The zero-order valence-electron chi connectivity index (χ0n) is 18.2. The van der Waals surface area contributed by atoms with Crippen molar-refractivity contribution in [3.05, 3.63) is 65.0 Å². The summed E-state index contributed by atoms with van der Waals surface area (Å²) in [6.07, 6.45) is 3.99. The number of rotatable bonds is 4. The summed E-state index contributed by atoms with van der Waals surface area (Å²) < 4.78 is 13.4. The molecular weight excluding hydrogens is 377 g/mol. The Morgan fingerprint density at radius 1 is 1.17 bits per heavy atom. The second-order valence-corrected chi connectivity index (χ2v) is 9.01. The van der Waals surface area contributed by atoms with Gasteiger partial charge < -0.3 is 10.2 Å². The summed E-state index contributed by atoms with van der Waals surface area (Å²) in [5.41, 5.74) is 4.74. The van der Waals surface area contributed by atoms with E-state index in [1.807, 2.05) is 12.1 Å². The number of likely N-dealkylation sites (tertiary alicyclic amines) is 1. The van der Waals surface area contributed by atoms with Crippen LogP contribution in [0.1, 0.15) is 49.8 Å². The fourth-order valence-corrected chi connectivity index (χ4v) is 5.02. The minimum atomic E-state index is -0.412. The lowest BCUT2D eigenvalue weighted by molar-refractivity contribution is -0.121. The standard InChI is InChI=1S/C25H32FN3O/c1-18-4-6-21-16-20(5-11-24(21)28(18)3)17-29-14-12-25(13-15-29,27-19(2)30)22-7-9-23(26)10-8-22/h5,7-11,16,18H,4,6,12-15,17H2,1-3H3,(H,27,30)/t18-/m1/s1. The van der Waals surface area contributed by atoms with Crippen molar-refractivity contribution in [1.29, 1.82) is 0 Å². The Morgan fingerprint density at radius 3 is 2.53 bits per heavy atom. The summed E-state index contributed by atoms with van der Waals surface area (Å²) in [7, 11) is 2.18. The van der Waals surface area contributed by atoms with Gasteiger partial charge in [0.25, 0.3) is 0 Å². The molecule has 0 radical (unpaired) electrons. The molecule has 2 aromatic rings. The van der Waals surface area contributed by atoms with Crippen LogP contribution in [-0.2, 0) is 23.3 Å². The number of halogens is 1. The van der Waals surface area contributed by atoms with Crippen molar-refractivity contribution < 1.29 is 9.18 Å². The summed E-state index contributed by atoms with van der Waals surface area (Å²) in [5, 5.41) is 3.17. The highest BCUT2D eigenvalue weighted by Crippen LogP contribution is 2.35. The summed E-state index contributed by atoms with van der Waals surface area (Å²) >= 11 is 0. The monoisotopic (exact) mass is 409 g/mol. The van der Waals surface area contributed by atoms with Crippen LogP contribution < -0.4 is 10.2 Å². The van der Waals surface area contributed by atoms with Gasteiger partial charge in [-0.05, 0) is 67.5 Å². The van der Waals surface area contributed by atoms with Crippen molar-refractivity contribution in [1.82, 2.24) is 10.2 Å². The molecule has 1 amide bonds. The van der Waals surface area contributed by atoms with E-state index in [4.69, 9.17) is 0 Å². The van der Waals surface area contributed by atoms with E-state index in [9.17, 15) is 9.18 Å². The lowest BCUT2D eigenvalue weighted by Crippen LogP contribution is -2.52. The topological polar surface area (TPSA) is 35.6 Å². The molecule has 1 saturated heterocycles. The predicted octanol–water partition coefficient (Wildman–Crippen LogP) is 4.22. The lowest BCUT2D eigenvalue weighted by Gasteiger charge is -2.43. The zero-order chi connectivity index (χ0) is 21.3. The number of amides is 1. The summed E-state index contributed by atoms with van der Waals surface area (Å²) in [6.45, 7) is 6.55. The molecule has 2 aromatic carbocycles. The van der Waals surface area contributed by atoms with E-state index in [2.05, 4.69) is 47.3 Å². The summed E-state index contributed by atoms with van der Waals surface area (Å²) in [5.74, 6) is -0.289. The third kappa shape index (κ3) is 4.22. The molecule has 1 fully saturated rings. The number of anilines is 1. The van der Waals surface area contributed by atoms with Crippen molar-refractivity contribution >= 4 is 11.6 Å². The fourth-order valence-electron chi connectivity index (χ4n) is 5.02. The van der Waals surface area contributed by atoms with E-state index in [-0.39, 0.29) is 11.7 Å². The van der Waals surface area contributed by atoms with Gasteiger partial charge in [0.05, 0.1) is 5.54 Å². The Labute approximate surface area is 179 Å². The molecule has 0 bridgehead atoms. The molecule has 4 rings (SSSR count). The first kappa shape index (κ1) is 20.9. The number of nitrogens with zero attached hydrogens (tertiary/aromatic N) is 2. The third-order valence-electron chi connectivity index (χ3n) is 6.94. The van der Waals surface area contributed by atoms with Crippen LogP contribution >= 0.6 is 0 Å². The van der Waals surface area contributed by atoms with Crippen LogP contribution in [0.25, 0.3) is 0 Å². The van der Waals surface area contributed by atoms with Gasteiger partial charge in [0.2, 0.25) is 5.91 Å². The predicted molar refractivity (Wildman–Crippen MR) is 119 cm³/mol. The molecule has 1 N–H and O–H groups in total. The molecular formula is C25H32FN3O. The lowest BCUT2D eigenvalue weighted by atomic mass is 9.80. The molecule has 5 heteroatoms. The number of nitrogens with one attached hydrogen (secondary N) is 1. The largest absolute Gasteiger partial charge is 0.372 e. The highest BCUT2D eigenvalue weighted by Gasteiger charge is 2.37. The van der Waals surface area contributed by atoms with Crippen LogP contribution in [0.15, 0.2) is 42.5 Å². The van der Waals surface area contributed by atoms with Gasteiger partial charge in [0.1, 0.15) is 5.82 Å². The fraction of sp³-hybridized carbons (Fsp3) is 0.480. The Hall–Kier alpha value is -2.40. The molecule has 160 valence electrons. The molecule has 2 aliphatic heterocycles. The summed E-state index contributed by atoms with van der Waals surface area (Å²) in [4.78, 5) is 16.8. The van der Waals surface area contributed by atoms with Crippen LogP contribution in [0.2, 0.25) is 0 Å². The molecule has 0 spiro atoms. The number of hydrogen-bond acceptors (Lipinski definition) is 3. The number of carbonyl (C=O) groups is 1. The van der Waals surface area contributed by atoms with E-state index in [1.165, 1.54) is 35.4 Å². The van der Waals surface area contributed by atoms with Crippen LogP contribution in [0, 0.1) is 5.82 Å². The number of carbonyl (C=O) groups excluding carboxylic acids is 1. The van der Waals surface area contributed by atoms with E-state index in [1.54, 1.807) is 6.92 Å². The maximum Gasteiger partial charge on any atom is 0.217 e. The smallest absolute Gasteiger partial charge is 0.217 e. The number of piperidine rings is 1. The van der Waals surface area contributed by atoms with Crippen LogP contribution in [0.3, 0.4) is 0 Å². The van der Waals surface area contributed by atoms with Crippen LogP contribution in [0.5, 0.6) is 0 Å². The normalized spacial score (nSPS) is 21.2. The van der Waals surface area contributed by atoms with E-state index < -0.39 is 5.54 Å². The molecule has 0 saturated carbocycles. The number of aryl methyl sites for hydroxylation is 1. The van der Waals surface area contributed by atoms with Crippen LogP contribution in [-0.4, -0.2) is 37.0 Å². The highest BCUT2D eigenvalue weighted by atomic mass is 19.1. The first-order valence-corrected chi connectivity index (χ1v) is 11.0. The molecule has 0 aromatic heterocycles. The van der Waals surface area contributed by atoms with Gasteiger partial charge in [-0.2, -0.15) is 0 Å². The average molecular weight is 410 g/mol. The van der Waals surface area contributed by atoms with Crippen molar-refractivity contribution in [3.63, 3.8) is 0 Å². The van der Waals surface area contributed by atoms with Gasteiger partial charge in [-0.15, -0.1) is 0 Å². The van der Waals surface area contributed by atoms with Crippen molar-refractivity contribution in [3.8, 4) is 0 Å². The molecule has 0 aliphatic carbocycles. The Morgan fingerprint density at radius 2 is 1.87 bits per heavy atom. The third-order valence-corrected chi connectivity index (χ3v) is 6.94. The SMILES string of the molecule is CC(=O)NC1(c2ccc(F)cc2)CCN(Cc2ccc3c(c2)CC[C@@H](C)N3C)CC1. The number of fused-ring (bicyclic) bond motifs is 1. The first-order valence-electron chi connectivity index (χ1n) is 11.0. The van der Waals surface area contributed by atoms with Crippen LogP contribution in [0.4, 0.5) is 10.1 Å². The van der Waals surface area contributed by atoms with Crippen molar-refractivity contribution in [2.75, 3.05) is 25.0 Å². The maximum atomic E-state index is 13.4. The minimum Gasteiger partial charge on any atom is -0.372 e. The Bertz CT molecular complexity index is 903. The average Bonchev–Trinajstić information content (AvgIpc) is 2.72. The molecule has 1 atom stereocenters. The molecule has 2 heterocycles. The quantitative estimate of drug-likeness (QED) is 0.821. The number of hydrogen-bond donors (Lipinski definition) is 1. The Kier molecular flexibility index (Phi) is 5.83. The van der Waals surface area contributed by atoms with Gasteiger partial charge in [-0.3, -0.25) is 9.69 Å². The molecule has 2 aliphatic rings. The van der Waals surface area contributed by atoms with Gasteiger partial charge in [0, 0.05) is 45.3 Å². The zero-order valence-corrected chi connectivity index (χ0v) is 18.2. The van der Waals surface area contributed by atoms with Gasteiger partial charge in [0.15, 0.2) is 0 Å². The summed E-state index contributed by atoms with van der Waals surface area (Å²) in [6, 6.07) is 14.1. The first-order chi connectivity index (χ1) is 14.4. The molecule has 0 unspecified atom stereocenters. The minimum absolute atomic E-state index is 0.0409. The van der Waals surface area contributed by atoms with E-state index in [0.29, 0.717) is 6.04 Å². The second kappa shape index (κ2) is 8.38. The molecule has 4 nitrogen and oxygen atoms in total. The number of benzene rings is 2. The van der Waals surface area contributed by atoms with Gasteiger partial charge >= 0.3 is 0 Å². The van der Waals surface area contributed by atoms with Crippen molar-refractivity contribution in [2.45, 2.75) is 57.7 Å². The second-order valence-electron chi connectivity index (χ2n) is 9.01. The van der Waals surface area contributed by atoms with E-state index in [0.717, 1.165) is 44.5 Å². The van der Waals surface area contributed by atoms with E-state index >= 15 is 0 Å².